The van der Waals surface area contributed by atoms with Crippen LogP contribution in [0.5, 0.6) is 0 Å². The van der Waals surface area contributed by atoms with Crippen molar-refractivity contribution in [3.8, 4) is 11.3 Å². The molecular formula is C21H22N4O2. The van der Waals surface area contributed by atoms with Crippen molar-refractivity contribution < 1.29 is 9.59 Å². The number of carbonyl (C=O) groups is 2. The molecule has 6 nitrogen and oxygen atoms in total. The zero-order valence-electron chi connectivity index (χ0n) is 15.3. The van der Waals surface area contributed by atoms with Crippen LogP contribution in [0.3, 0.4) is 0 Å². The van der Waals surface area contributed by atoms with Crippen molar-refractivity contribution >= 4 is 17.6 Å². The molecule has 1 unspecified atom stereocenters. The lowest BCUT2D eigenvalue weighted by Crippen LogP contribution is -2.42. The van der Waals surface area contributed by atoms with E-state index in [2.05, 4.69) is 20.8 Å². The van der Waals surface area contributed by atoms with Gasteiger partial charge in [-0.3, -0.25) is 14.7 Å². The minimum absolute atomic E-state index is 0.196. The highest BCUT2D eigenvalue weighted by Gasteiger charge is 2.17. The summed E-state index contributed by atoms with van der Waals surface area (Å²) in [7, 11) is 0. The van der Waals surface area contributed by atoms with Gasteiger partial charge in [-0.1, -0.05) is 60.2 Å². The molecule has 0 spiro atoms. The van der Waals surface area contributed by atoms with E-state index in [4.69, 9.17) is 0 Å². The van der Waals surface area contributed by atoms with E-state index in [1.165, 1.54) is 0 Å². The van der Waals surface area contributed by atoms with Crippen LogP contribution in [-0.2, 0) is 16.0 Å². The summed E-state index contributed by atoms with van der Waals surface area (Å²) >= 11 is 0. The predicted octanol–water partition coefficient (Wildman–Crippen LogP) is 3.07. The maximum absolute atomic E-state index is 12.3. The Morgan fingerprint density at radius 2 is 1.85 bits per heavy atom. The smallest absolute Gasteiger partial charge is 0.247 e. The molecule has 0 fully saturated rings. The summed E-state index contributed by atoms with van der Waals surface area (Å²) in [6, 6.07) is 18.5. The number of aromatic nitrogens is 2. The predicted molar refractivity (Wildman–Crippen MR) is 105 cm³/mol. The van der Waals surface area contributed by atoms with Crippen LogP contribution in [0.2, 0.25) is 0 Å². The first-order valence-electron chi connectivity index (χ1n) is 8.78. The number of amides is 2. The molecule has 0 aliphatic carbocycles. The Hall–Kier alpha value is -3.41. The number of rotatable bonds is 6. The summed E-state index contributed by atoms with van der Waals surface area (Å²) in [6.07, 6.45) is 0.238. The highest BCUT2D eigenvalue weighted by Crippen LogP contribution is 2.19. The third-order valence-corrected chi connectivity index (χ3v) is 4.12. The Morgan fingerprint density at radius 3 is 2.59 bits per heavy atom. The molecule has 0 bridgehead atoms. The van der Waals surface area contributed by atoms with Gasteiger partial charge in [0, 0.05) is 11.6 Å². The molecule has 0 saturated heterocycles. The first kappa shape index (κ1) is 18.4. The van der Waals surface area contributed by atoms with Gasteiger partial charge in [-0.2, -0.15) is 5.10 Å². The SMILES string of the molecule is Cc1cccc(CC(=O)NC(C)C(=O)Nc2cc(-c3ccccc3)n[nH]2)c1. The van der Waals surface area contributed by atoms with Gasteiger partial charge in [0.25, 0.3) is 0 Å². The zero-order valence-corrected chi connectivity index (χ0v) is 15.3. The van der Waals surface area contributed by atoms with Gasteiger partial charge in [-0.05, 0) is 19.4 Å². The lowest BCUT2D eigenvalue weighted by Gasteiger charge is -2.13. The van der Waals surface area contributed by atoms with Gasteiger partial charge in [0.05, 0.1) is 12.1 Å². The van der Waals surface area contributed by atoms with Crippen molar-refractivity contribution in [1.82, 2.24) is 15.5 Å². The number of benzene rings is 2. The number of hydrogen-bond donors (Lipinski definition) is 3. The van der Waals surface area contributed by atoms with Gasteiger partial charge >= 0.3 is 0 Å². The van der Waals surface area contributed by atoms with Crippen molar-refractivity contribution in [3.05, 3.63) is 71.8 Å². The van der Waals surface area contributed by atoms with Crippen molar-refractivity contribution in [2.75, 3.05) is 5.32 Å². The highest BCUT2D eigenvalue weighted by atomic mass is 16.2. The molecule has 6 heteroatoms. The number of aryl methyl sites for hydroxylation is 1. The van der Waals surface area contributed by atoms with Gasteiger partial charge in [-0.15, -0.1) is 0 Å². The second-order valence-corrected chi connectivity index (χ2v) is 6.48. The van der Waals surface area contributed by atoms with E-state index in [9.17, 15) is 9.59 Å². The van der Waals surface area contributed by atoms with E-state index in [1.807, 2.05) is 61.5 Å². The van der Waals surface area contributed by atoms with E-state index in [0.717, 1.165) is 22.4 Å². The van der Waals surface area contributed by atoms with Crippen LogP contribution in [-0.4, -0.2) is 28.1 Å². The van der Waals surface area contributed by atoms with Crippen LogP contribution in [0.1, 0.15) is 18.1 Å². The molecule has 3 N–H and O–H groups in total. The number of nitrogens with zero attached hydrogens (tertiary/aromatic N) is 1. The third kappa shape index (κ3) is 5.04. The van der Waals surface area contributed by atoms with Gasteiger partial charge < -0.3 is 10.6 Å². The molecular weight excluding hydrogens is 340 g/mol. The number of carbonyl (C=O) groups excluding carboxylic acids is 2. The van der Waals surface area contributed by atoms with Crippen LogP contribution in [0.25, 0.3) is 11.3 Å². The molecule has 27 heavy (non-hydrogen) atoms. The Kier molecular flexibility index (Phi) is 5.66. The van der Waals surface area contributed by atoms with Crippen molar-refractivity contribution in [1.29, 1.82) is 0 Å². The summed E-state index contributed by atoms with van der Waals surface area (Å²) in [5, 5.41) is 12.5. The maximum Gasteiger partial charge on any atom is 0.247 e. The van der Waals surface area contributed by atoms with Gasteiger partial charge in [0.15, 0.2) is 0 Å². The molecule has 3 rings (SSSR count). The maximum atomic E-state index is 12.3. The summed E-state index contributed by atoms with van der Waals surface area (Å²) in [6.45, 7) is 3.63. The van der Waals surface area contributed by atoms with Crippen LogP contribution in [0.15, 0.2) is 60.7 Å². The fourth-order valence-corrected chi connectivity index (χ4v) is 2.75. The summed E-state index contributed by atoms with van der Waals surface area (Å²) in [5.74, 6) is -0.0210. The zero-order chi connectivity index (χ0) is 19.2. The molecule has 138 valence electrons. The molecule has 0 saturated carbocycles. The largest absolute Gasteiger partial charge is 0.344 e. The normalized spacial score (nSPS) is 11.6. The van der Waals surface area contributed by atoms with Crippen LogP contribution >= 0.6 is 0 Å². The standard InChI is InChI=1S/C21H22N4O2/c1-14-7-6-8-16(11-14)12-20(26)22-15(2)21(27)23-19-13-18(24-25-19)17-9-4-3-5-10-17/h3-11,13,15H,12H2,1-2H3,(H,22,26)(H2,23,24,25,27). The van der Waals surface area contributed by atoms with E-state index >= 15 is 0 Å². The molecule has 0 radical (unpaired) electrons. The molecule has 0 aliphatic heterocycles. The fraction of sp³-hybridized carbons (Fsp3) is 0.190. The summed E-state index contributed by atoms with van der Waals surface area (Å²) in [5.41, 5.74) is 3.71. The average molecular weight is 362 g/mol. The Balaban J connectivity index is 1.55. The first-order valence-corrected chi connectivity index (χ1v) is 8.78. The van der Waals surface area contributed by atoms with E-state index in [1.54, 1.807) is 13.0 Å². The van der Waals surface area contributed by atoms with Crippen LogP contribution < -0.4 is 10.6 Å². The molecule has 0 aliphatic rings. The quantitative estimate of drug-likeness (QED) is 0.630. The number of aromatic amines is 1. The van der Waals surface area contributed by atoms with Crippen LogP contribution in [0, 0.1) is 6.92 Å². The van der Waals surface area contributed by atoms with Crippen molar-refractivity contribution in [3.63, 3.8) is 0 Å². The molecule has 1 aromatic heterocycles. The lowest BCUT2D eigenvalue weighted by molar-refractivity contribution is -0.125. The minimum Gasteiger partial charge on any atom is -0.344 e. The lowest BCUT2D eigenvalue weighted by atomic mass is 10.1. The highest BCUT2D eigenvalue weighted by molar-refractivity contribution is 5.96. The van der Waals surface area contributed by atoms with E-state index in [-0.39, 0.29) is 18.2 Å². The van der Waals surface area contributed by atoms with Crippen molar-refractivity contribution in [2.24, 2.45) is 0 Å². The monoisotopic (exact) mass is 362 g/mol. The van der Waals surface area contributed by atoms with Crippen LogP contribution in [0.4, 0.5) is 5.82 Å². The second-order valence-electron chi connectivity index (χ2n) is 6.48. The number of hydrogen-bond acceptors (Lipinski definition) is 3. The summed E-state index contributed by atoms with van der Waals surface area (Å²) < 4.78 is 0. The minimum atomic E-state index is -0.661. The molecule has 3 aromatic rings. The molecule has 2 aromatic carbocycles. The Labute approximate surface area is 158 Å². The van der Waals surface area contributed by atoms with Gasteiger partial charge in [-0.25, -0.2) is 0 Å². The fourth-order valence-electron chi connectivity index (χ4n) is 2.75. The average Bonchev–Trinajstić information content (AvgIpc) is 3.11. The van der Waals surface area contributed by atoms with Gasteiger partial charge in [0.2, 0.25) is 11.8 Å². The van der Waals surface area contributed by atoms with Crippen molar-refractivity contribution in [2.45, 2.75) is 26.3 Å². The third-order valence-electron chi connectivity index (χ3n) is 4.12. The molecule has 1 heterocycles. The first-order chi connectivity index (χ1) is 13.0. The molecule has 1 atom stereocenters. The molecule has 2 amide bonds. The summed E-state index contributed by atoms with van der Waals surface area (Å²) in [4.78, 5) is 24.5. The number of H-pyrrole nitrogens is 1. The topological polar surface area (TPSA) is 86.9 Å². The Morgan fingerprint density at radius 1 is 1.07 bits per heavy atom. The Bertz CT molecular complexity index is 934. The second kappa shape index (κ2) is 8.31. The number of anilines is 1. The number of nitrogens with one attached hydrogen (secondary N) is 3. The van der Waals surface area contributed by atoms with E-state index in [0.29, 0.717) is 5.82 Å². The van der Waals surface area contributed by atoms with E-state index < -0.39 is 6.04 Å². The van der Waals surface area contributed by atoms with Gasteiger partial charge in [0.1, 0.15) is 11.9 Å².